The van der Waals surface area contributed by atoms with E-state index in [0.717, 1.165) is 31.5 Å². The number of likely N-dealkylation sites (tertiary alicyclic amines) is 3. The number of nitrogens with zero attached hydrogens (tertiary/aromatic N) is 3. The highest BCUT2D eigenvalue weighted by Crippen LogP contribution is 2.44. The first kappa shape index (κ1) is 17.5. The number of fused-ring (bicyclic) bond motifs is 1. The Kier molecular flexibility index (Phi) is 4.50. The minimum absolute atomic E-state index is 0.0177. The van der Waals surface area contributed by atoms with Crippen molar-refractivity contribution in [2.75, 3.05) is 39.3 Å². The van der Waals surface area contributed by atoms with Crippen LogP contribution in [0, 0.1) is 11.3 Å². The van der Waals surface area contributed by atoms with Crippen LogP contribution in [0.25, 0.3) is 0 Å². The molecule has 4 rings (SSSR count). The molecule has 3 saturated heterocycles. The molecule has 0 aromatic carbocycles. The molecular weight excluding hydrogens is 350 g/mol. The highest BCUT2D eigenvalue weighted by molar-refractivity contribution is 7.08. The molecule has 140 valence electrons. The van der Waals surface area contributed by atoms with Crippen LogP contribution in [0.3, 0.4) is 0 Å². The van der Waals surface area contributed by atoms with Gasteiger partial charge in [-0.15, -0.1) is 0 Å². The van der Waals surface area contributed by atoms with Crippen molar-refractivity contribution in [3.63, 3.8) is 0 Å². The SMILES string of the molecule is CC(=O)N1CC2CN(C(=O)Cc3ccsc3)CC2(C(=O)N2CCCC2)C1. The average Bonchev–Trinajstić information content (AvgIpc) is 3.36. The zero-order valence-corrected chi connectivity index (χ0v) is 16.0. The number of thiophene rings is 1. The minimum Gasteiger partial charge on any atom is -0.342 e. The molecule has 3 aliphatic heterocycles. The van der Waals surface area contributed by atoms with Gasteiger partial charge in [0.2, 0.25) is 17.7 Å². The molecule has 2 atom stereocenters. The lowest BCUT2D eigenvalue weighted by Gasteiger charge is -2.32. The summed E-state index contributed by atoms with van der Waals surface area (Å²) in [7, 11) is 0. The zero-order valence-electron chi connectivity index (χ0n) is 15.1. The molecule has 3 amide bonds. The molecule has 1 aromatic rings. The quantitative estimate of drug-likeness (QED) is 0.798. The van der Waals surface area contributed by atoms with E-state index in [4.69, 9.17) is 0 Å². The maximum atomic E-state index is 13.4. The van der Waals surface area contributed by atoms with E-state index in [1.54, 1.807) is 23.2 Å². The van der Waals surface area contributed by atoms with E-state index in [-0.39, 0.29) is 23.6 Å². The minimum atomic E-state index is -0.611. The van der Waals surface area contributed by atoms with Gasteiger partial charge in [-0.25, -0.2) is 0 Å². The molecule has 2 unspecified atom stereocenters. The fraction of sp³-hybridized carbons (Fsp3) is 0.632. The van der Waals surface area contributed by atoms with Crippen molar-refractivity contribution >= 4 is 29.1 Å². The van der Waals surface area contributed by atoms with Crippen molar-refractivity contribution in [3.05, 3.63) is 22.4 Å². The Labute approximate surface area is 157 Å². The van der Waals surface area contributed by atoms with Gasteiger partial charge in [0, 0.05) is 52.1 Å². The van der Waals surface area contributed by atoms with Gasteiger partial charge in [-0.05, 0) is 35.2 Å². The van der Waals surface area contributed by atoms with Gasteiger partial charge >= 0.3 is 0 Å². The Morgan fingerprint density at radius 2 is 1.81 bits per heavy atom. The van der Waals surface area contributed by atoms with Crippen LogP contribution in [0.2, 0.25) is 0 Å². The smallest absolute Gasteiger partial charge is 0.232 e. The molecule has 6 nitrogen and oxygen atoms in total. The van der Waals surface area contributed by atoms with E-state index >= 15 is 0 Å². The van der Waals surface area contributed by atoms with E-state index in [0.29, 0.717) is 32.6 Å². The molecule has 0 aliphatic carbocycles. The molecule has 0 saturated carbocycles. The van der Waals surface area contributed by atoms with Crippen LogP contribution >= 0.6 is 11.3 Å². The summed E-state index contributed by atoms with van der Waals surface area (Å²) >= 11 is 1.59. The van der Waals surface area contributed by atoms with Gasteiger partial charge in [0.05, 0.1) is 11.8 Å². The summed E-state index contributed by atoms with van der Waals surface area (Å²) in [6.07, 6.45) is 2.48. The van der Waals surface area contributed by atoms with Gasteiger partial charge in [0.15, 0.2) is 0 Å². The molecule has 0 bridgehead atoms. The number of hydrogen-bond donors (Lipinski definition) is 0. The van der Waals surface area contributed by atoms with Gasteiger partial charge in [-0.1, -0.05) is 0 Å². The summed E-state index contributed by atoms with van der Waals surface area (Å²) in [6.45, 7) is 5.22. The van der Waals surface area contributed by atoms with E-state index in [1.807, 2.05) is 26.6 Å². The maximum absolute atomic E-state index is 13.4. The molecule has 3 fully saturated rings. The van der Waals surface area contributed by atoms with Crippen LogP contribution in [-0.4, -0.2) is 71.7 Å². The molecule has 7 heteroatoms. The number of carbonyl (C=O) groups is 3. The molecule has 0 spiro atoms. The van der Waals surface area contributed by atoms with E-state index < -0.39 is 5.41 Å². The average molecular weight is 375 g/mol. The predicted octanol–water partition coefficient (Wildman–Crippen LogP) is 1.22. The first-order valence-corrected chi connectivity index (χ1v) is 10.3. The number of rotatable bonds is 3. The van der Waals surface area contributed by atoms with E-state index in [2.05, 4.69) is 0 Å². The van der Waals surface area contributed by atoms with Gasteiger partial charge in [0.1, 0.15) is 0 Å². The summed E-state index contributed by atoms with van der Waals surface area (Å²) in [5, 5.41) is 3.97. The van der Waals surface area contributed by atoms with Crippen LogP contribution in [0.4, 0.5) is 0 Å². The Balaban J connectivity index is 1.54. The van der Waals surface area contributed by atoms with E-state index in [9.17, 15) is 14.4 Å². The topological polar surface area (TPSA) is 60.9 Å². The molecular formula is C19H25N3O3S. The summed E-state index contributed by atoms with van der Waals surface area (Å²) in [5.74, 6) is 0.297. The zero-order chi connectivity index (χ0) is 18.3. The summed E-state index contributed by atoms with van der Waals surface area (Å²) in [6, 6.07) is 1.97. The second-order valence-electron chi connectivity index (χ2n) is 7.83. The van der Waals surface area contributed by atoms with Crippen molar-refractivity contribution in [3.8, 4) is 0 Å². The van der Waals surface area contributed by atoms with Crippen molar-refractivity contribution in [1.82, 2.24) is 14.7 Å². The second kappa shape index (κ2) is 6.68. The third-order valence-corrected chi connectivity index (χ3v) is 6.89. The summed E-state index contributed by atoms with van der Waals surface area (Å²) in [5.41, 5.74) is 0.419. The Bertz CT molecular complexity index is 714. The first-order valence-electron chi connectivity index (χ1n) is 9.33. The lowest BCUT2D eigenvalue weighted by atomic mass is 9.79. The second-order valence-corrected chi connectivity index (χ2v) is 8.61. The van der Waals surface area contributed by atoms with Crippen molar-refractivity contribution < 1.29 is 14.4 Å². The molecule has 1 aromatic heterocycles. The molecule has 0 N–H and O–H groups in total. The van der Waals surface area contributed by atoms with Gasteiger partial charge in [-0.2, -0.15) is 11.3 Å². The van der Waals surface area contributed by atoms with Crippen molar-refractivity contribution in [2.24, 2.45) is 11.3 Å². The lowest BCUT2D eigenvalue weighted by Crippen LogP contribution is -2.49. The van der Waals surface area contributed by atoms with Gasteiger partial charge in [0.25, 0.3) is 0 Å². The fourth-order valence-electron chi connectivity index (χ4n) is 4.71. The number of hydrogen-bond acceptors (Lipinski definition) is 4. The fourth-order valence-corrected chi connectivity index (χ4v) is 5.38. The Morgan fingerprint density at radius 3 is 2.46 bits per heavy atom. The monoisotopic (exact) mass is 375 g/mol. The van der Waals surface area contributed by atoms with Crippen LogP contribution < -0.4 is 0 Å². The largest absolute Gasteiger partial charge is 0.342 e. The number of amides is 3. The molecule has 26 heavy (non-hydrogen) atoms. The standard InChI is InChI=1S/C19H25N3O3S/c1-14(23)21-9-16-10-22(17(24)8-15-4-7-26-11-15)13-19(16,12-21)18(25)20-5-2-3-6-20/h4,7,11,16H,2-3,5-6,8-10,12-13H2,1H3. The Hall–Kier alpha value is -1.89. The third-order valence-electron chi connectivity index (χ3n) is 6.16. The maximum Gasteiger partial charge on any atom is 0.232 e. The van der Waals surface area contributed by atoms with Crippen molar-refractivity contribution in [2.45, 2.75) is 26.2 Å². The predicted molar refractivity (Wildman–Crippen MR) is 98.6 cm³/mol. The normalized spacial score (nSPS) is 27.9. The number of carbonyl (C=O) groups excluding carboxylic acids is 3. The van der Waals surface area contributed by atoms with Crippen LogP contribution in [0.15, 0.2) is 16.8 Å². The van der Waals surface area contributed by atoms with Crippen LogP contribution in [0.1, 0.15) is 25.3 Å². The van der Waals surface area contributed by atoms with E-state index in [1.165, 1.54) is 0 Å². The van der Waals surface area contributed by atoms with Crippen molar-refractivity contribution in [1.29, 1.82) is 0 Å². The molecule has 4 heterocycles. The lowest BCUT2D eigenvalue weighted by molar-refractivity contribution is -0.142. The summed E-state index contributed by atoms with van der Waals surface area (Å²) < 4.78 is 0. The highest BCUT2D eigenvalue weighted by Gasteiger charge is 2.59. The van der Waals surface area contributed by atoms with Gasteiger partial charge in [-0.3, -0.25) is 14.4 Å². The summed E-state index contributed by atoms with van der Waals surface area (Å²) in [4.78, 5) is 43.6. The Morgan fingerprint density at radius 1 is 1.12 bits per heavy atom. The van der Waals surface area contributed by atoms with Gasteiger partial charge < -0.3 is 14.7 Å². The van der Waals surface area contributed by atoms with Crippen LogP contribution in [0.5, 0.6) is 0 Å². The molecule has 3 aliphatic rings. The van der Waals surface area contributed by atoms with Crippen LogP contribution in [-0.2, 0) is 20.8 Å². The highest BCUT2D eigenvalue weighted by atomic mass is 32.1. The molecule has 0 radical (unpaired) electrons. The first-order chi connectivity index (χ1) is 12.5. The third kappa shape index (κ3) is 2.92.